The number of carbonyl (C=O) groups excluding carboxylic acids is 9. The molecule has 4 heterocycles. The maximum Gasteiger partial charge on any atom is 0.246 e. The Balaban J connectivity index is 1.23. The number of aromatic amines is 1. The lowest BCUT2D eigenvalue weighted by molar-refractivity contribution is -0.147. The van der Waals surface area contributed by atoms with Gasteiger partial charge in [-0.05, 0) is 85.8 Å². The third kappa shape index (κ3) is 13.3. The summed E-state index contributed by atoms with van der Waals surface area (Å²) in [5.41, 5.74) is 8.11. The number of primary amides is 1. The minimum Gasteiger partial charge on any atom is -0.368 e. The predicted octanol–water partition coefficient (Wildman–Crippen LogP) is 2.29. The predicted molar refractivity (Wildman–Crippen MR) is 269 cm³/mol. The van der Waals surface area contributed by atoms with E-state index in [-0.39, 0.29) is 58.2 Å². The molecule has 0 aliphatic carbocycles. The van der Waals surface area contributed by atoms with E-state index >= 15 is 4.79 Å². The van der Waals surface area contributed by atoms with Crippen molar-refractivity contribution in [2.75, 3.05) is 19.6 Å². The van der Waals surface area contributed by atoms with Gasteiger partial charge in [-0.25, -0.2) is 0 Å². The van der Waals surface area contributed by atoms with Gasteiger partial charge < -0.3 is 52.4 Å². The summed E-state index contributed by atoms with van der Waals surface area (Å²) in [6.45, 7) is 3.63. The minimum atomic E-state index is -1.43. The van der Waals surface area contributed by atoms with E-state index in [2.05, 4.69) is 36.9 Å². The van der Waals surface area contributed by atoms with E-state index in [1.807, 2.05) is 73.7 Å². The summed E-state index contributed by atoms with van der Waals surface area (Å²) in [5.74, 6) is -5.56. The van der Waals surface area contributed by atoms with Crippen molar-refractivity contribution in [3.05, 3.63) is 84.1 Å². The molecule has 19 heteroatoms. The monoisotopic (exact) mass is 989 g/mol. The van der Waals surface area contributed by atoms with Crippen molar-refractivity contribution in [2.24, 2.45) is 5.73 Å². The number of unbranched alkanes of at least 4 members (excludes halogenated alkanes) is 1. The largest absolute Gasteiger partial charge is 0.368 e. The van der Waals surface area contributed by atoms with Crippen molar-refractivity contribution >= 4 is 74.8 Å². The van der Waals surface area contributed by atoms with Crippen LogP contribution in [0.3, 0.4) is 0 Å². The van der Waals surface area contributed by atoms with Gasteiger partial charge in [-0.2, -0.15) is 0 Å². The van der Waals surface area contributed by atoms with E-state index in [0.29, 0.717) is 38.5 Å². The van der Waals surface area contributed by atoms with Crippen LogP contribution in [0, 0.1) is 0 Å². The topological polar surface area (TPSA) is 274 Å². The van der Waals surface area contributed by atoms with Crippen LogP contribution in [-0.4, -0.2) is 130 Å². The van der Waals surface area contributed by atoms with Gasteiger partial charge in [0.1, 0.15) is 42.3 Å². The first-order chi connectivity index (χ1) is 34.7. The van der Waals surface area contributed by atoms with Crippen LogP contribution < -0.4 is 37.6 Å². The number of fused-ring (bicyclic) bond motifs is 4. The van der Waals surface area contributed by atoms with Crippen molar-refractivity contribution in [1.29, 1.82) is 0 Å². The van der Waals surface area contributed by atoms with Crippen molar-refractivity contribution in [1.82, 2.24) is 46.7 Å². The molecule has 72 heavy (non-hydrogen) atoms. The van der Waals surface area contributed by atoms with Crippen LogP contribution in [0.4, 0.5) is 0 Å². The molecule has 0 unspecified atom stereocenters. The number of aromatic nitrogens is 1. The number of carbonyl (C=O) groups is 9. The van der Waals surface area contributed by atoms with Gasteiger partial charge in [-0.1, -0.05) is 80.4 Å². The normalized spacial score (nSPS) is 23.8. The Hall–Kier alpha value is -7.31. The quantitative estimate of drug-likeness (QED) is 0.109. The summed E-state index contributed by atoms with van der Waals surface area (Å²) in [4.78, 5) is 132. The summed E-state index contributed by atoms with van der Waals surface area (Å²) < 4.78 is 0. The molecule has 0 saturated carbocycles. The fourth-order valence-electron chi connectivity index (χ4n) is 10.1. The van der Waals surface area contributed by atoms with Gasteiger partial charge in [0.25, 0.3) is 0 Å². The third-order valence-corrected chi connectivity index (χ3v) is 14.0. The fourth-order valence-corrected chi connectivity index (χ4v) is 10.1. The minimum absolute atomic E-state index is 0.0299. The standard InChI is InChI=1S/C53H68N10O9/c1-3-4-17-40(57-32(2)64)48(67)60-43-30-46(65)55-24-11-9-19-39(47(54)66)58-49(68)41(29-36-31-56-38-18-8-7-16-37(36)38)59-50(69)44-20-10-12-25-62(44)52(71)42(61-51(70)45-21-13-26-63(45)53(43)72)28-33-22-23-34-14-5-6-15-35(34)27-33/h5-8,14-16,18,22-23,27,31,39-45,56H,3-4,9-13,17,19-21,24-26,28-30H2,1-2H3,(H2,54,66)(H,55,65)(H,57,64)(H,58,68)(H,59,69)(H,60,67)(H,61,70)/t39-,40-,41-,42+,43-,44-,45-/m0/s1. The van der Waals surface area contributed by atoms with Crippen LogP contribution in [0.25, 0.3) is 21.7 Å². The number of benzene rings is 3. The lowest BCUT2D eigenvalue weighted by atomic mass is 9.96. The van der Waals surface area contributed by atoms with Crippen LogP contribution in [-0.2, 0) is 56.0 Å². The third-order valence-electron chi connectivity index (χ3n) is 14.0. The molecule has 4 aromatic rings. The number of nitrogens with zero attached hydrogens (tertiary/aromatic N) is 2. The maximum absolute atomic E-state index is 15.2. The Kier molecular flexibility index (Phi) is 18.0. The highest BCUT2D eigenvalue weighted by Gasteiger charge is 2.42. The van der Waals surface area contributed by atoms with Crippen molar-refractivity contribution in [3.8, 4) is 0 Å². The molecule has 3 fully saturated rings. The number of nitrogens with one attached hydrogen (secondary N) is 7. The Morgan fingerprint density at radius 1 is 0.736 bits per heavy atom. The number of hydrogen-bond acceptors (Lipinski definition) is 9. The SMILES string of the molecule is CCCC[C@H](NC(C)=O)C(=O)N[C@H]1CC(=O)NCCCC[C@@H](C(N)=O)NC(=O)[C@H](Cc2c[nH]c3ccccc23)NC(=O)[C@@H]2CCCCN2C(=O)[C@@H](Cc2ccc3ccccc3c2)NC(=O)[C@@H]2CCCN2C1=O. The average molecular weight is 989 g/mol. The maximum atomic E-state index is 15.2. The van der Waals surface area contributed by atoms with Gasteiger partial charge in [0.05, 0.1) is 6.42 Å². The first-order valence-electron chi connectivity index (χ1n) is 25.4. The van der Waals surface area contributed by atoms with Crippen LogP contribution in [0.2, 0.25) is 0 Å². The van der Waals surface area contributed by atoms with E-state index in [0.717, 1.165) is 39.2 Å². The van der Waals surface area contributed by atoms with Crippen molar-refractivity contribution < 1.29 is 43.2 Å². The summed E-state index contributed by atoms with van der Waals surface area (Å²) >= 11 is 0. The first-order valence-corrected chi connectivity index (χ1v) is 25.4. The second-order valence-electron chi connectivity index (χ2n) is 19.3. The summed E-state index contributed by atoms with van der Waals surface area (Å²) in [5, 5.41) is 19.5. The van der Waals surface area contributed by atoms with Crippen molar-refractivity contribution in [3.63, 3.8) is 0 Å². The Morgan fingerprint density at radius 2 is 1.42 bits per heavy atom. The Bertz CT molecular complexity index is 2650. The second kappa shape index (κ2) is 24.7. The van der Waals surface area contributed by atoms with Crippen LogP contribution in [0.1, 0.15) is 102 Å². The van der Waals surface area contributed by atoms with Crippen LogP contribution in [0.15, 0.2) is 72.9 Å². The summed E-state index contributed by atoms with van der Waals surface area (Å²) in [7, 11) is 0. The van der Waals surface area contributed by atoms with Crippen LogP contribution >= 0.6 is 0 Å². The number of rotatable bonds is 11. The average Bonchev–Trinajstić information content (AvgIpc) is 4.03. The number of para-hydroxylation sites is 1. The van der Waals surface area contributed by atoms with Gasteiger partial charge in [0.2, 0.25) is 53.2 Å². The van der Waals surface area contributed by atoms with Gasteiger partial charge in [0.15, 0.2) is 0 Å². The van der Waals surface area contributed by atoms with E-state index in [1.54, 1.807) is 6.20 Å². The Labute approximate surface area is 418 Å². The molecule has 7 rings (SSSR count). The molecule has 9 amide bonds. The molecule has 3 saturated heterocycles. The highest BCUT2D eigenvalue weighted by atomic mass is 16.2. The highest BCUT2D eigenvalue weighted by molar-refractivity contribution is 5.99. The molecule has 0 spiro atoms. The molecular formula is C53H68N10O9. The van der Waals surface area contributed by atoms with E-state index in [1.165, 1.54) is 16.7 Å². The number of piperidine rings is 1. The molecule has 7 atom stereocenters. The molecule has 3 aliphatic rings. The fraction of sp³-hybridized carbons (Fsp3) is 0.491. The number of nitrogens with two attached hydrogens (primary N) is 1. The summed E-state index contributed by atoms with van der Waals surface area (Å²) in [6.07, 6.45) is 5.80. The van der Waals surface area contributed by atoms with Gasteiger partial charge >= 0.3 is 0 Å². The molecule has 384 valence electrons. The lowest BCUT2D eigenvalue weighted by Gasteiger charge is -2.38. The van der Waals surface area contributed by atoms with E-state index in [4.69, 9.17) is 5.73 Å². The van der Waals surface area contributed by atoms with Gasteiger partial charge in [0, 0.05) is 56.5 Å². The van der Waals surface area contributed by atoms with Gasteiger partial charge in [-0.3, -0.25) is 43.2 Å². The molecule has 3 aromatic carbocycles. The zero-order valence-electron chi connectivity index (χ0n) is 41.1. The number of H-pyrrole nitrogens is 1. The number of amides is 9. The molecule has 1 aromatic heterocycles. The Morgan fingerprint density at radius 3 is 2.17 bits per heavy atom. The molecule has 19 nitrogen and oxygen atoms in total. The molecular weight excluding hydrogens is 921 g/mol. The smallest absolute Gasteiger partial charge is 0.246 e. The zero-order chi connectivity index (χ0) is 51.3. The number of hydrogen-bond donors (Lipinski definition) is 8. The van der Waals surface area contributed by atoms with Gasteiger partial charge in [-0.15, -0.1) is 0 Å². The van der Waals surface area contributed by atoms with Crippen LogP contribution in [0.5, 0.6) is 0 Å². The van der Waals surface area contributed by atoms with Crippen molar-refractivity contribution in [2.45, 2.75) is 146 Å². The molecule has 3 aliphatic heterocycles. The van der Waals surface area contributed by atoms with E-state index < -0.39 is 102 Å². The lowest BCUT2D eigenvalue weighted by Crippen LogP contribution is -2.62. The molecule has 0 bridgehead atoms. The molecule has 0 radical (unpaired) electrons. The summed E-state index contributed by atoms with van der Waals surface area (Å²) in [6, 6.07) is 12.9. The highest BCUT2D eigenvalue weighted by Crippen LogP contribution is 2.25. The molecule has 9 N–H and O–H groups in total. The zero-order valence-corrected chi connectivity index (χ0v) is 41.1. The first kappa shape index (κ1) is 52.5. The van der Waals surface area contributed by atoms with E-state index in [9.17, 15) is 38.4 Å². The second-order valence-corrected chi connectivity index (χ2v) is 19.3.